The maximum Gasteiger partial charge on any atom is 0.280 e. The van der Waals surface area contributed by atoms with Crippen LogP contribution < -0.4 is 4.90 Å². The molecule has 0 spiro atoms. The standard InChI is InChI=1S/C17H12BrFN4O/c18-14-10-23(13-3-1-12(19)2-4-13)21-16(14)17(24)22-8-6-11-5-7-20-9-15(11)22/h1-5,7,9-10H,6,8H2. The molecule has 0 N–H and O–H groups in total. The summed E-state index contributed by atoms with van der Waals surface area (Å²) in [4.78, 5) is 18.6. The predicted molar refractivity (Wildman–Crippen MR) is 90.8 cm³/mol. The first-order valence-corrected chi connectivity index (χ1v) is 8.18. The average molecular weight is 387 g/mol. The zero-order valence-electron chi connectivity index (χ0n) is 12.5. The summed E-state index contributed by atoms with van der Waals surface area (Å²) < 4.78 is 15.2. The van der Waals surface area contributed by atoms with Gasteiger partial charge >= 0.3 is 0 Å². The van der Waals surface area contributed by atoms with Crippen LogP contribution in [0.15, 0.2) is 53.4 Å². The first-order valence-electron chi connectivity index (χ1n) is 7.39. The smallest absolute Gasteiger partial charge is 0.280 e. The first-order chi connectivity index (χ1) is 11.6. The fourth-order valence-corrected chi connectivity index (χ4v) is 3.23. The molecule has 0 radical (unpaired) electrons. The lowest BCUT2D eigenvalue weighted by molar-refractivity contribution is 0.0983. The van der Waals surface area contributed by atoms with Crippen LogP contribution in [0.25, 0.3) is 5.69 Å². The zero-order chi connectivity index (χ0) is 16.7. The van der Waals surface area contributed by atoms with Gasteiger partial charge in [0.05, 0.1) is 22.0 Å². The molecular formula is C17H12BrFN4O. The van der Waals surface area contributed by atoms with Crippen LogP contribution in [-0.2, 0) is 6.42 Å². The number of halogens is 2. The highest BCUT2D eigenvalue weighted by Gasteiger charge is 2.28. The number of nitrogens with zero attached hydrogens (tertiary/aromatic N) is 4. The number of carbonyl (C=O) groups is 1. The average Bonchev–Trinajstić information content (AvgIpc) is 3.19. The molecule has 3 heterocycles. The summed E-state index contributed by atoms with van der Waals surface area (Å²) in [6.07, 6.45) is 5.93. The molecule has 0 fully saturated rings. The summed E-state index contributed by atoms with van der Waals surface area (Å²) in [7, 11) is 0. The largest absolute Gasteiger partial charge is 0.305 e. The fourth-order valence-electron chi connectivity index (χ4n) is 2.78. The van der Waals surface area contributed by atoms with Crippen molar-refractivity contribution in [1.82, 2.24) is 14.8 Å². The second kappa shape index (κ2) is 5.83. The highest BCUT2D eigenvalue weighted by molar-refractivity contribution is 9.10. The van der Waals surface area contributed by atoms with E-state index in [4.69, 9.17) is 0 Å². The summed E-state index contributed by atoms with van der Waals surface area (Å²) in [5, 5.41) is 4.36. The van der Waals surface area contributed by atoms with Crippen molar-refractivity contribution in [2.45, 2.75) is 6.42 Å². The number of hydrogen-bond acceptors (Lipinski definition) is 3. The van der Waals surface area contributed by atoms with Gasteiger partial charge in [-0.25, -0.2) is 9.07 Å². The third-order valence-corrected chi connectivity index (χ3v) is 4.57. The highest BCUT2D eigenvalue weighted by Crippen LogP contribution is 2.29. The van der Waals surface area contributed by atoms with Gasteiger partial charge in [0.2, 0.25) is 0 Å². The molecule has 1 aromatic carbocycles. The zero-order valence-corrected chi connectivity index (χ0v) is 14.1. The van der Waals surface area contributed by atoms with Crippen LogP contribution in [-0.4, -0.2) is 27.2 Å². The van der Waals surface area contributed by atoms with Crippen molar-refractivity contribution in [3.63, 3.8) is 0 Å². The number of rotatable bonds is 2. The molecule has 120 valence electrons. The minimum atomic E-state index is -0.317. The summed E-state index contributed by atoms with van der Waals surface area (Å²) in [5.41, 5.74) is 2.92. The van der Waals surface area contributed by atoms with E-state index >= 15 is 0 Å². The van der Waals surface area contributed by atoms with Crippen LogP contribution in [0.2, 0.25) is 0 Å². The van der Waals surface area contributed by atoms with Crippen molar-refractivity contribution in [1.29, 1.82) is 0 Å². The molecule has 1 aliphatic rings. The maximum absolute atomic E-state index is 13.1. The van der Waals surface area contributed by atoms with Gasteiger partial charge < -0.3 is 4.90 Å². The summed E-state index contributed by atoms with van der Waals surface area (Å²) in [6, 6.07) is 7.86. The Morgan fingerprint density at radius 1 is 1.21 bits per heavy atom. The number of carbonyl (C=O) groups excluding carboxylic acids is 1. The van der Waals surface area contributed by atoms with Crippen molar-refractivity contribution in [2.24, 2.45) is 0 Å². The first kappa shape index (κ1) is 15.0. The second-order valence-electron chi connectivity index (χ2n) is 5.46. The minimum absolute atomic E-state index is 0.186. The van der Waals surface area contributed by atoms with Crippen LogP contribution in [0.4, 0.5) is 10.1 Å². The molecule has 24 heavy (non-hydrogen) atoms. The molecule has 4 rings (SSSR count). The number of pyridine rings is 1. The second-order valence-corrected chi connectivity index (χ2v) is 6.31. The van der Waals surface area contributed by atoms with Crippen molar-refractivity contribution in [3.8, 4) is 5.69 Å². The lowest BCUT2D eigenvalue weighted by Crippen LogP contribution is -2.29. The molecule has 3 aromatic rings. The van der Waals surface area contributed by atoms with Crippen LogP contribution in [0, 0.1) is 5.82 Å². The van der Waals surface area contributed by atoms with E-state index in [0.717, 1.165) is 17.7 Å². The monoisotopic (exact) mass is 386 g/mol. The molecule has 0 unspecified atom stereocenters. The highest BCUT2D eigenvalue weighted by atomic mass is 79.9. The quantitative estimate of drug-likeness (QED) is 0.678. The molecule has 7 heteroatoms. The topological polar surface area (TPSA) is 51.0 Å². The van der Waals surface area contributed by atoms with E-state index in [2.05, 4.69) is 26.0 Å². The summed E-state index contributed by atoms with van der Waals surface area (Å²) in [6.45, 7) is 0.607. The van der Waals surface area contributed by atoms with E-state index in [9.17, 15) is 9.18 Å². The SMILES string of the molecule is O=C(c1nn(-c2ccc(F)cc2)cc1Br)N1CCc2ccncc21. The van der Waals surface area contributed by atoms with Crippen molar-refractivity contribution < 1.29 is 9.18 Å². The third-order valence-electron chi connectivity index (χ3n) is 3.99. The Morgan fingerprint density at radius 2 is 2.00 bits per heavy atom. The lowest BCUT2D eigenvalue weighted by Gasteiger charge is -2.15. The Hall–Kier alpha value is -2.54. The van der Waals surface area contributed by atoms with E-state index in [1.165, 1.54) is 12.1 Å². The molecule has 0 bridgehead atoms. The molecule has 0 atom stereocenters. The van der Waals surface area contributed by atoms with E-state index < -0.39 is 0 Å². The predicted octanol–water partition coefficient (Wildman–Crippen LogP) is 3.37. The number of benzene rings is 1. The summed E-state index contributed by atoms with van der Waals surface area (Å²) >= 11 is 3.40. The van der Waals surface area contributed by atoms with Crippen LogP contribution in [0.1, 0.15) is 16.1 Å². The van der Waals surface area contributed by atoms with Crippen LogP contribution in [0.3, 0.4) is 0 Å². The Balaban J connectivity index is 1.68. The van der Waals surface area contributed by atoms with Gasteiger partial charge in [0.15, 0.2) is 5.69 Å². The number of hydrogen-bond donors (Lipinski definition) is 0. The van der Waals surface area contributed by atoms with Gasteiger partial charge in [-0.2, -0.15) is 5.10 Å². The molecule has 0 saturated heterocycles. The van der Waals surface area contributed by atoms with E-state index in [0.29, 0.717) is 22.4 Å². The van der Waals surface area contributed by atoms with Gasteiger partial charge in [-0.3, -0.25) is 9.78 Å². The molecule has 5 nitrogen and oxygen atoms in total. The minimum Gasteiger partial charge on any atom is -0.305 e. The molecule has 0 saturated carbocycles. The van der Waals surface area contributed by atoms with Crippen molar-refractivity contribution >= 4 is 27.5 Å². The molecule has 2 aromatic heterocycles. The number of fused-ring (bicyclic) bond motifs is 1. The maximum atomic E-state index is 13.1. The fraction of sp³-hybridized carbons (Fsp3) is 0.118. The summed E-state index contributed by atoms with van der Waals surface area (Å²) in [5.74, 6) is -0.503. The molecule has 0 aliphatic carbocycles. The number of anilines is 1. The van der Waals surface area contributed by atoms with E-state index in [1.54, 1.807) is 40.3 Å². The van der Waals surface area contributed by atoms with Gasteiger partial charge in [0, 0.05) is 18.9 Å². The van der Waals surface area contributed by atoms with Crippen LogP contribution >= 0.6 is 15.9 Å². The number of amides is 1. The Morgan fingerprint density at radius 3 is 2.79 bits per heavy atom. The van der Waals surface area contributed by atoms with Gasteiger partial charge in [0.1, 0.15) is 5.82 Å². The van der Waals surface area contributed by atoms with Crippen molar-refractivity contribution in [3.05, 3.63) is 70.5 Å². The molecule has 1 aliphatic heterocycles. The number of aromatic nitrogens is 3. The molecule has 1 amide bonds. The van der Waals surface area contributed by atoms with E-state index in [1.807, 2.05) is 6.07 Å². The molecular weight excluding hydrogens is 375 g/mol. The van der Waals surface area contributed by atoms with Crippen LogP contribution in [0.5, 0.6) is 0 Å². The van der Waals surface area contributed by atoms with Crippen molar-refractivity contribution in [2.75, 3.05) is 11.4 Å². The van der Waals surface area contributed by atoms with Gasteiger partial charge in [-0.15, -0.1) is 0 Å². The Labute approximate surface area is 145 Å². The normalized spacial score (nSPS) is 13.2. The lowest BCUT2D eigenvalue weighted by atomic mass is 10.2. The third kappa shape index (κ3) is 2.50. The van der Waals surface area contributed by atoms with Gasteiger partial charge in [-0.1, -0.05) is 0 Å². The van der Waals surface area contributed by atoms with E-state index in [-0.39, 0.29) is 11.7 Å². The Bertz CT molecular complexity index is 923. The van der Waals surface area contributed by atoms with Gasteiger partial charge in [0.25, 0.3) is 5.91 Å². The van der Waals surface area contributed by atoms with Gasteiger partial charge in [-0.05, 0) is 58.2 Å². The Kier molecular flexibility index (Phi) is 3.65.